The number of esters is 1. The highest BCUT2D eigenvalue weighted by molar-refractivity contribution is 7.67. The molecule has 150 valence electrons. The molecule has 3 aromatic rings. The molecule has 29 heavy (non-hydrogen) atoms. The Hall–Kier alpha value is -2.92. The summed E-state index contributed by atoms with van der Waals surface area (Å²) in [6, 6.07) is 23.6. The van der Waals surface area contributed by atoms with Crippen LogP contribution in [0.25, 0.3) is 0 Å². The first kappa shape index (κ1) is 20.8. The number of thiol groups is 1. The molecule has 0 spiro atoms. The first-order valence-electron chi connectivity index (χ1n) is 9.57. The molecule has 0 aromatic heterocycles. The van der Waals surface area contributed by atoms with Gasteiger partial charge < -0.3 is 4.74 Å². The number of carbonyl (C=O) groups is 1. The Morgan fingerprint density at radius 3 is 2.41 bits per heavy atom. The Balaban J connectivity index is 1.63. The zero-order chi connectivity index (χ0) is 20.6. The maximum absolute atomic E-state index is 12.4. The molecular formula is C24H25NO3S. The number of anilines is 1. The van der Waals surface area contributed by atoms with Crippen LogP contribution in [0, 0.1) is 13.8 Å². The minimum Gasteiger partial charge on any atom is -0.426 e. The molecule has 3 aromatic carbocycles. The van der Waals surface area contributed by atoms with Crippen molar-refractivity contribution in [1.29, 1.82) is 0 Å². The molecule has 0 heterocycles. The van der Waals surface area contributed by atoms with Crippen LogP contribution in [0.3, 0.4) is 0 Å². The molecule has 0 saturated carbocycles. The lowest BCUT2D eigenvalue weighted by molar-refractivity contribution is -0.134. The van der Waals surface area contributed by atoms with Crippen molar-refractivity contribution >= 4 is 23.5 Å². The predicted octanol–water partition coefficient (Wildman–Crippen LogP) is 4.56. The fourth-order valence-electron chi connectivity index (χ4n) is 3.10. The molecule has 0 amide bonds. The van der Waals surface area contributed by atoms with Crippen LogP contribution >= 0.6 is 0 Å². The fraction of sp³-hybridized carbons (Fsp3) is 0.208. The molecular weight excluding hydrogens is 382 g/mol. The van der Waals surface area contributed by atoms with E-state index in [1.807, 2.05) is 61.5 Å². The third kappa shape index (κ3) is 6.03. The van der Waals surface area contributed by atoms with Gasteiger partial charge in [-0.05, 0) is 43.2 Å². The van der Waals surface area contributed by atoms with Crippen LogP contribution in [0.15, 0.2) is 72.8 Å². The number of carbonyl (C=O) groups excluding carboxylic acids is 1. The maximum atomic E-state index is 12.4. The number of benzene rings is 3. The molecule has 0 aliphatic carbocycles. The Labute approximate surface area is 175 Å². The molecule has 0 fully saturated rings. The Morgan fingerprint density at radius 2 is 1.69 bits per heavy atom. The van der Waals surface area contributed by atoms with Gasteiger partial charge in [0, 0.05) is 18.7 Å². The molecule has 0 radical (unpaired) electrons. The van der Waals surface area contributed by atoms with Gasteiger partial charge in [0.2, 0.25) is 0 Å². The van der Waals surface area contributed by atoms with Gasteiger partial charge in [0.15, 0.2) is 0 Å². The smallest absolute Gasteiger partial charge is 0.313 e. The summed E-state index contributed by atoms with van der Waals surface area (Å²) in [4.78, 5) is 12.4. The molecule has 0 atom stereocenters. The Bertz CT molecular complexity index is 985. The van der Waals surface area contributed by atoms with Gasteiger partial charge >= 0.3 is 5.97 Å². The molecule has 4 nitrogen and oxygen atoms in total. The Morgan fingerprint density at radius 1 is 0.931 bits per heavy atom. The molecule has 0 N–H and O–H groups in total. The van der Waals surface area contributed by atoms with Crippen molar-refractivity contribution in [2.75, 3.05) is 10.8 Å². The highest BCUT2D eigenvalue weighted by Crippen LogP contribution is 2.23. The lowest BCUT2D eigenvalue weighted by Crippen LogP contribution is -2.23. The number of aryl methyl sites for hydroxylation is 2. The lowest BCUT2D eigenvalue weighted by atomic mass is 10.0. The summed E-state index contributed by atoms with van der Waals surface area (Å²) in [6.45, 7) is 4.37. The lowest BCUT2D eigenvalue weighted by Gasteiger charge is -2.17. The SMILES string of the molecule is Cc1ccc(N(CCC(=O)Oc2ccccc2Cc2cccc(C)c2)[SH]=O)cc1. The van der Waals surface area contributed by atoms with Gasteiger partial charge in [0.1, 0.15) is 17.6 Å². The van der Waals surface area contributed by atoms with E-state index < -0.39 is 0 Å². The topological polar surface area (TPSA) is 46.6 Å². The van der Waals surface area contributed by atoms with E-state index in [0.29, 0.717) is 18.7 Å². The number of rotatable bonds is 8. The van der Waals surface area contributed by atoms with Gasteiger partial charge in [-0.15, -0.1) is 0 Å². The zero-order valence-electron chi connectivity index (χ0n) is 16.7. The van der Waals surface area contributed by atoms with Crippen LogP contribution in [-0.2, 0) is 23.1 Å². The van der Waals surface area contributed by atoms with Gasteiger partial charge in [-0.1, -0.05) is 65.7 Å². The summed E-state index contributed by atoms with van der Waals surface area (Å²) < 4.78 is 18.8. The number of ether oxygens (including phenoxy) is 1. The van der Waals surface area contributed by atoms with Crippen molar-refractivity contribution in [3.63, 3.8) is 0 Å². The van der Waals surface area contributed by atoms with E-state index in [2.05, 4.69) is 25.1 Å². The van der Waals surface area contributed by atoms with Gasteiger partial charge in [0.25, 0.3) is 0 Å². The van der Waals surface area contributed by atoms with E-state index in [1.54, 1.807) is 4.31 Å². The molecule has 3 rings (SSSR count). The summed E-state index contributed by atoms with van der Waals surface area (Å²) in [6.07, 6.45) is 0.835. The van der Waals surface area contributed by atoms with Crippen molar-refractivity contribution < 1.29 is 13.7 Å². The van der Waals surface area contributed by atoms with Crippen molar-refractivity contribution in [3.8, 4) is 5.75 Å². The molecule has 0 bridgehead atoms. The summed E-state index contributed by atoms with van der Waals surface area (Å²) in [5, 5.41) is 0. The van der Waals surface area contributed by atoms with E-state index >= 15 is 0 Å². The van der Waals surface area contributed by atoms with E-state index in [-0.39, 0.29) is 24.2 Å². The second-order valence-electron chi connectivity index (χ2n) is 7.04. The van der Waals surface area contributed by atoms with Crippen LogP contribution in [0.1, 0.15) is 28.7 Å². The summed E-state index contributed by atoms with van der Waals surface area (Å²) in [5.41, 5.74) is 5.26. The van der Waals surface area contributed by atoms with E-state index in [4.69, 9.17) is 4.74 Å². The second-order valence-corrected chi connectivity index (χ2v) is 7.68. The maximum Gasteiger partial charge on any atom is 0.313 e. The monoisotopic (exact) mass is 407 g/mol. The largest absolute Gasteiger partial charge is 0.426 e. The van der Waals surface area contributed by atoms with Gasteiger partial charge in [-0.3, -0.25) is 9.10 Å². The fourth-order valence-corrected chi connectivity index (χ4v) is 3.51. The Kier molecular flexibility index (Phi) is 7.19. The normalized spacial score (nSPS) is 10.6. The molecule has 5 heteroatoms. The average Bonchev–Trinajstić information content (AvgIpc) is 2.71. The number of hydrogen-bond acceptors (Lipinski definition) is 3. The molecule has 0 saturated heterocycles. The van der Waals surface area contributed by atoms with Crippen molar-refractivity contribution in [3.05, 3.63) is 95.1 Å². The van der Waals surface area contributed by atoms with Crippen LogP contribution in [0.2, 0.25) is 0 Å². The number of hydrogen-bond donors (Lipinski definition) is 1. The van der Waals surface area contributed by atoms with Gasteiger partial charge in [0.05, 0.1) is 6.42 Å². The van der Waals surface area contributed by atoms with Crippen molar-refractivity contribution in [2.24, 2.45) is 0 Å². The van der Waals surface area contributed by atoms with Crippen LogP contribution < -0.4 is 9.04 Å². The highest BCUT2D eigenvalue weighted by Gasteiger charge is 2.13. The quantitative estimate of drug-likeness (QED) is 0.338. The minimum absolute atomic E-state index is 0.141. The van der Waals surface area contributed by atoms with Crippen molar-refractivity contribution in [2.45, 2.75) is 26.7 Å². The van der Waals surface area contributed by atoms with E-state index in [0.717, 1.165) is 16.8 Å². The van der Waals surface area contributed by atoms with E-state index in [1.165, 1.54) is 11.1 Å². The number of para-hydroxylation sites is 1. The van der Waals surface area contributed by atoms with Crippen LogP contribution in [0.4, 0.5) is 5.69 Å². The third-order valence-electron chi connectivity index (χ3n) is 4.63. The second kappa shape index (κ2) is 10.0. The van der Waals surface area contributed by atoms with Gasteiger partial charge in [-0.25, -0.2) is 4.21 Å². The number of nitrogens with zero attached hydrogens (tertiary/aromatic N) is 1. The summed E-state index contributed by atoms with van der Waals surface area (Å²) in [5.74, 6) is 0.225. The molecule has 0 aliphatic heterocycles. The average molecular weight is 408 g/mol. The minimum atomic E-state index is -0.345. The highest BCUT2D eigenvalue weighted by atomic mass is 32.2. The first-order chi connectivity index (χ1) is 14.0. The van der Waals surface area contributed by atoms with E-state index in [9.17, 15) is 9.00 Å². The molecule has 0 aliphatic rings. The first-order valence-corrected chi connectivity index (χ1v) is 10.3. The molecule has 0 unspecified atom stereocenters. The summed E-state index contributed by atoms with van der Waals surface area (Å²) in [7, 11) is 0. The standard InChI is InChI=1S/C24H25NO3S/c1-18-10-12-22(13-11-18)25(29-27)15-14-24(26)28-23-9-4-3-8-21(23)17-20-7-5-6-19(2)16-20/h3-13,16,29H,14-15,17H2,1-2H3. The summed E-state index contributed by atoms with van der Waals surface area (Å²) >= 11 is -0.149. The predicted molar refractivity (Wildman–Crippen MR) is 119 cm³/mol. The zero-order valence-corrected chi connectivity index (χ0v) is 17.6. The van der Waals surface area contributed by atoms with Crippen molar-refractivity contribution in [1.82, 2.24) is 0 Å². The third-order valence-corrected chi connectivity index (χ3v) is 5.26. The van der Waals surface area contributed by atoms with Crippen LogP contribution in [0.5, 0.6) is 5.75 Å². The van der Waals surface area contributed by atoms with Gasteiger partial charge in [-0.2, -0.15) is 0 Å². The van der Waals surface area contributed by atoms with Crippen LogP contribution in [-0.4, -0.2) is 16.7 Å².